The first-order chi connectivity index (χ1) is 7.43. The van der Waals surface area contributed by atoms with Crippen molar-refractivity contribution in [1.29, 1.82) is 0 Å². The average Bonchev–Trinajstić information content (AvgIpc) is 2.20. The molecule has 2 heteroatoms. The maximum Gasteiger partial charge on any atom is 0.0576 e. The molecule has 0 bridgehead atoms. The van der Waals surface area contributed by atoms with Gasteiger partial charge in [-0.3, -0.25) is 0 Å². The van der Waals surface area contributed by atoms with Crippen molar-refractivity contribution in [3.63, 3.8) is 0 Å². The smallest absolute Gasteiger partial charge is 0.0576 e. The van der Waals surface area contributed by atoms with Crippen LogP contribution >= 0.6 is 11.8 Å². The number of thioether (sulfide) groups is 1. The van der Waals surface area contributed by atoms with E-state index in [1.807, 2.05) is 0 Å². The van der Waals surface area contributed by atoms with E-state index in [1.165, 1.54) is 10.5 Å². The van der Waals surface area contributed by atoms with Gasteiger partial charge in [0, 0.05) is 9.64 Å². The molecule has 0 unspecified atom stereocenters. The number of hydrogen-bond donors (Lipinski definition) is 1. The van der Waals surface area contributed by atoms with Crippen molar-refractivity contribution < 1.29 is 5.11 Å². The van der Waals surface area contributed by atoms with Gasteiger partial charge >= 0.3 is 0 Å². The molecule has 0 aliphatic rings. The molecular weight excluding hydrogens is 216 g/mol. The third-order valence-corrected chi connectivity index (χ3v) is 3.53. The zero-order valence-corrected chi connectivity index (χ0v) is 11.5. The number of aliphatic hydroxyl groups is 1. The summed E-state index contributed by atoms with van der Waals surface area (Å²) in [5.41, 5.74) is 1.39. The predicted octanol–water partition coefficient (Wildman–Crippen LogP) is 3.75. The summed E-state index contributed by atoms with van der Waals surface area (Å²) in [4.78, 5) is 1.23. The lowest BCUT2D eigenvalue weighted by Gasteiger charge is -2.20. The molecule has 0 aliphatic heterocycles. The summed E-state index contributed by atoms with van der Waals surface area (Å²) >= 11 is 1.72. The van der Waals surface area contributed by atoms with E-state index in [4.69, 9.17) is 0 Å². The van der Waals surface area contributed by atoms with E-state index in [-0.39, 0.29) is 11.4 Å². The largest absolute Gasteiger partial charge is 0.395 e. The van der Waals surface area contributed by atoms with Crippen LogP contribution < -0.4 is 0 Å². The highest BCUT2D eigenvalue weighted by Gasteiger charge is 2.17. The molecule has 0 aromatic heterocycles. The molecule has 0 aliphatic carbocycles. The molecule has 0 amide bonds. The van der Waals surface area contributed by atoms with Crippen molar-refractivity contribution in [3.8, 4) is 0 Å². The molecule has 1 rings (SSSR count). The minimum atomic E-state index is -0.0977. The van der Waals surface area contributed by atoms with Crippen molar-refractivity contribution in [1.82, 2.24) is 0 Å². The van der Waals surface area contributed by atoms with Gasteiger partial charge < -0.3 is 5.11 Å². The molecule has 0 spiro atoms. The van der Waals surface area contributed by atoms with Crippen LogP contribution in [0.25, 0.3) is 0 Å². The highest BCUT2D eigenvalue weighted by Crippen LogP contribution is 2.32. The third-order valence-electron chi connectivity index (χ3n) is 2.34. The molecule has 0 atom stereocenters. The molecule has 0 radical (unpaired) electrons. The Kier molecular flexibility index (Phi) is 4.88. The lowest BCUT2D eigenvalue weighted by molar-refractivity contribution is 0.265. The van der Waals surface area contributed by atoms with Crippen molar-refractivity contribution >= 4 is 11.8 Å². The van der Waals surface area contributed by atoms with Crippen LogP contribution in [0.5, 0.6) is 0 Å². The molecule has 16 heavy (non-hydrogen) atoms. The van der Waals surface area contributed by atoms with Crippen LogP contribution in [0.3, 0.4) is 0 Å². The summed E-state index contributed by atoms with van der Waals surface area (Å²) in [6.07, 6.45) is 1.13. The number of aliphatic hydroxyl groups excluding tert-OH is 1. The van der Waals surface area contributed by atoms with Crippen LogP contribution in [0, 0.1) is 5.92 Å². The van der Waals surface area contributed by atoms with Gasteiger partial charge in [-0.15, -0.1) is 11.8 Å². The molecule has 0 saturated heterocycles. The third kappa shape index (κ3) is 4.58. The van der Waals surface area contributed by atoms with E-state index in [9.17, 15) is 5.11 Å². The Hall–Kier alpha value is -0.470. The van der Waals surface area contributed by atoms with Gasteiger partial charge in [0.2, 0.25) is 0 Å². The van der Waals surface area contributed by atoms with E-state index in [0.717, 1.165) is 6.42 Å². The summed E-state index contributed by atoms with van der Waals surface area (Å²) in [7, 11) is 0. The standard InChI is InChI=1S/C14H22OS/c1-11(2)9-12-5-7-13(8-6-12)16-14(3,4)10-15/h5-8,11,15H,9-10H2,1-4H3. The highest BCUT2D eigenvalue weighted by molar-refractivity contribution is 8.00. The molecule has 1 aromatic carbocycles. The zero-order valence-electron chi connectivity index (χ0n) is 10.7. The van der Waals surface area contributed by atoms with Crippen LogP contribution in [-0.4, -0.2) is 16.5 Å². The molecule has 0 saturated carbocycles. The Labute approximate surface area is 103 Å². The molecule has 1 N–H and O–H groups in total. The summed E-state index contributed by atoms with van der Waals surface area (Å²) in [6, 6.07) is 8.69. The van der Waals surface area contributed by atoms with Crippen LogP contribution in [0.15, 0.2) is 29.2 Å². The van der Waals surface area contributed by atoms with Crippen LogP contribution in [0.4, 0.5) is 0 Å². The SMILES string of the molecule is CC(C)Cc1ccc(SC(C)(C)CO)cc1. The first-order valence-corrected chi connectivity index (χ1v) is 6.63. The zero-order chi connectivity index (χ0) is 12.2. The van der Waals surface area contributed by atoms with Crippen molar-refractivity contribution in [2.24, 2.45) is 5.92 Å². The number of hydrogen-bond acceptors (Lipinski definition) is 2. The van der Waals surface area contributed by atoms with Gasteiger partial charge in [0.1, 0.15) is 0 Å². The molecule has 90 valence electrons. The first-order valence-electron chi connectivity index (χ1n) is 5.82. The number of benzene rings is 1. The molecular formula is C14H22OS. The summed E-state index contributed by atoms with van der Waals surface area (Å²) in [5, 5.41) is 9.21. The minimum Gasteiger partial charge on any atom is -0.395 e. The minimum absolute atomic E-state index is 0.0977. The Morgan fingerprint density at radius 2 is 1.75 bits per heavy atom. The lowest BCUT2D eigenvalue weighted by Crippen LogP contribution is -2.19. The van der Waals surface area contributed by atoms with Crippen molar-refractivity contribution in [2.75, 3.05) is 6.61 Å². The van der Waals surface area contributed by atoms with E-state index in [1.54, 1.807) is 11.8 Å². The monoisotopic (exact) mass is 238 g/mol. The highest BCUT2D eigenvalue weighted by atomic mass is 32.2. The van der Waals surface area contributed by atoms with Gasteiger partial charge in [0.05, 0.1) is 6.61 Å². The maximum atomic E-state index is 9.21. The topological polar surface area (TPSA) is 20.2 Å². The molecule has 1 aromatic rings. The normalized spacial score (nSPS) is 12.1. The van der Waals surface area contributed by atoms with Gasteiger partial charge in [0.15, 0.2) is 0 Å². The van der Waals surface area contributed by atoms with Gasteiger partial charge in [-0.05, 0) is 43.9 Å². The second kappa shape index (κ2) is 5.74. The second-order valence-electron chi connectivity index (χ2n) is 5.26. The van der Waals surface area contributed by atoms with E-state index >= 15 is 0 Å². The van der Waals surface area contributed by atoms with Gasteiger partial charge in [-0.1, -0.05) is 26.0 Å². The van der Waals surface area contributed by atoms with Crippen molar-refractivity contribution in [3.05, 3.63) is 29.8 Å². The van der Waals surface area contributed by atoms with E-state index in [2.05, 4.69) is 52.0 Å². The fourth-order valence-electron chi connectivity index (χ4n) is 1.52. The second-order valence-corrected chi connectivity index (χ2v) is 7.04. The fraction of sp³-hybridized carbons (Fsp3) is 0.571. The molecule has 0 heterocycles. The summed E-state index contributed by atoms with van der Waals surface area (Å²) in [6.45, 7) is 8.78. The molecule has 0 fully saturated rings. The van der Waals surface area contributed by atoms with E-state index < -0.39 is 0 Å². The Bertz CT molecular complexity index is 314. The number of rotatable bonds is 5. The van der Waals surface area contributed by atoms with Crippen LogP contribution in [0.2, 0.25) is 0 Å². The van der Waals surface area contributed by atoms with E-state index in [0.29, 0.717) is 5.92 Å². The van der Waals surface area contributed by atoms with Crippen LogP contribution in [-0.2, 0) is 6.42 Å². The van der Waals surface area contributed by atoms with Crippen LogP contribution in [0.1, 0.15) is 33.3 Å². The van der Waals surface area contributed by atoms with Crippen molar-refractivity contribution in [2.45, 2.75) is 43.8 Å². The Morgan fingerprint density at radius 3 is 2.19 bits per heavy atom. The Morgan fingerprint density at radius 1 is 1.19 bits per heavy atom. The van der Waals surface area contributed by atoms with Gasteiger partial charge in [-0.2, -0.15) is 0 Å². The predicted molar refractivity (Wildman–Crippen MR) is 72.0 cm³/mol. The van der Waals surface area contributed by atoms with Gasteiger partial charge in [-0.25, -0.2) is 0 Å². The van der Waals surface area contributed by atoms with Gasteiger partial charge in [0.25, 0.3) is 0 Å². The summed E-state index contributed by atoms with van der Waals surface area (Å²) in [5.74, 6) is 0.701. The maximum absolute atomic E-state index is 9.21. The molecule has 1 nitrogen and oxygen atoms in total. The lowest BCUT2D eigenvalue weighted by atomic mass is 10.0. The Balaban J connectivity index is 2.64. The fourth-order valence-corrected chi connectivity index (χ4v) is 2.49. The average molecular weight is 238 g/mol. The summed E-state index contributed by atoms with van der Waals surface area (Å²) < 4.78 is -0.0977. The quantitative estimate of drug-likeness (QED) is 0.788. The first kappa shape index (κ1) is 13.6.